The van der Waals surface area contributed by atoms with E-state index in [0.29, 0.717) is 35.4 Å². The number of piperidine rings is 1. The molecule has 1 aliphatic heterocycles. The number of amides is 2. The van der Waals surface area contributed by atoms with Crippen molar-refractivity contribution in [3.63, 3.8) is 0 Å². The number of halogens is 1. The molecule has 3 aromatic rings. The van der Waals surface area contributed by atoms with Gasteiger partial charge in [-0.15, -0.1) is 0 Å². The summed E-state index contributed by atoms with van der Waals surface area (Å²) in [6.07, 6.45) is 3.38. The number of hydrogen-bond donors (Lipinski definition) is 0. The van der Waals surface area contributed by atoms with E-state index in [0.717, 1.165) is 31.2 Å². The van der Waals surface area contributed by atoms with E-state index in [2.05, 4.69) is 10.1 Å². The first-order valence-corrected chi connectivity index (χ1v) is 11.7. The number of rotatable bonds is 7. The minimum atomic E-state index is -0.296. The van der Waals surface area contributed by atoms with Crippen LogP contribution in [-0.2, 0) is 4.79 Å². The average Bonchev–Trinajstić information content (AvgIpc) is 3.34. The van der Waals surface area contributed by atoms with Gasteiger partial charge in [-0.25, -0.2) is 0 Å². The van der Waals surface area contributed by atoms with Crippen LogP contribution in [0.4, 0.5) is 0 Å². The van der Waals surface area contributed by atoms with Gasteiger partial charge in [0.05, 0.1) is 0 Å². The molecule has 2 aromatic carbocycles. The van der Waals surface area contributed by atoms with E-state index in [1.807, 2.05) is 37.3 Å². The van der Waals surface area contributed by atoms with Crippen molar-refractivity contribution in [3.8, 4) is 11.4 Å². The zero-order chi connectivity index (χ0) is 23.2. The molecule has 0 radical (unpaired) electrons. The first-order valence-electron chi connectivity index (χ1n) is 11.3. The van der Waals surface area contributed by atoms with Crippen molar-refractivity contribution in [3.05, 3.63) is 71.1 Å². The van der Waals surface area contributed by atoms with Gasteiger partial charge in [-0.05, 0) is 62.1 Å². The molecule has 172 valence electrons. The highest BCUT2D eigenvalue weighted by molar-refractivity contribution is 6.30. The summed E-state index contributed by atoms with van der Waals surface area (Å²) in [7, 11) is 0. The number of aromatic nitrogens is 2. The second kappa shape index (κ2) is 10.6. The van der Waals surface area contributed by atoms with Crippen molar-refractivity contribution in [1.29, 1.82) is 0 Å². The van der Waals surface area contributed by atoms with Crippen LogP contribution in [0, 0.1) is 0 Å². The molecule has 1 atom stereocenters. The number of carbonyl (C=O) groups is 2. The lowest BCUT2D eigenvalue weighted by Crippen LogP contribution is -2.46. The summed E-state index contributed by atoms with van der Waals surface area (Å²) in [5.41, 5.74) is 1.38. The minimum Gasteiger partial charge on any atom is -0.337 e. The van der Waals surface area contributed by atoms with E-state index in [4.69, 9.17) is 16.1 Å². The van der Waals surface area contributed by atoms with Gasteiger partial charge in [0.15, 0.2) is 0 Å². The van der Waals surface area contributed by atoms with Crippen LogP contribution >= 0.6 is 11.6 Å². The smallest absolute Gasteiger partial charge is 0.254 e. The van der Waals surface area contributed by atoms with Gasteiger partial charge in [0, 0.05) is 29.2 Å². The summed E-state index contributed by atoms with van der Waals surface area (Å²) in [6, 6.07) is 16.0. The second-order valence-corrected chi connectivity index (χ2v) is 8.59. The summed E-state index contributed by atoms with van der Waals surface area (Å²) in [5.74, 6) is 0.641. The van der Waals surface area contributed by atoms with Crippen molar-refractivity contribution >= 4 is 23.4 Å². The maximum atomic E-state index is 13.3. The Kier molecular flexibility index (Phi) is 7.40. The molecule has 33 heavy (non-hydrogen) atoms. The number of hydrogen-bond acceptors (Lipinski definition) is 5. The first-order chi connectivity index (χ1) is 16.1. The lowest BCUT2D eigenvalue weighted by atomic mass is 10.0. The van der Waals surface area contributed by atoms with E-state index in [1.165, 1.54) is 0 Å². The van der Waals surface area contributed by atoms with Gasteiger partial charge in [0.25, 0.3) is 5.91 Å². The maximum Gasteiger partial charge on any atom is 0.254 e. The van der Waals surface area contributed by atoms with Crippen LogP contribution in [0.5, 0.6) is 0 Å². The van der Waals surface area contributed by atoms with Gasteiger partial charge in [-0.2, -0.15) is 4.98 Å². The third-order valence-electron chi connectivity index (χ3n) is 5.78. The Balaban J connectivity index is 1.51. The van der Waals surface area contributed by atoms with Crippen LogP contribution in [0.1, 0.15) is 54.9 Å². The zero-order valence-electron chi connectivity index (χ0n) is 18.6. The molecule has 1 fully saturated rings. The van der Waals surface area contributed by atoms with Crippen LogP contribution in [0.25, 0.3) is 11.4 Å². The Hall–Kier alpha value is -3.19. The van der Waals surface area contributed by atoms with Crippen molar-refractivity contribution in [2.75, 3.05) is 19.6 Å². The molecule has 0 aliphatic carbocycles. The van der Waals surface area contributed by atoms with Crippen molar-refractivity contribution in [1.82, 2.24) is 19.9 Å². The fourth-order valence-corrected chi connectivity index (χ4v) is 4.24. The van der Waals surface area contributed by atoms with Crippen molar-refractivity contribution in [2.45, 2.75) is 38.6 Å². The van der Waals surface area contributed by atoms with E-state index in [9.17, 15) is 9.59 Å². The Bertz CT molecular complexity index is 1080. The SMILES string of the molecule is CCCN(CC(=O)N1CCCCC1c1nc(-c2ccc(Cl)cc2)no1)C(=O)c1ccccc1. The normalized spacial score (nSPS) is 15.9. The topological polar surface area (TPSA) is 79.5 Å². The van der Waals surface area contributed by atoms with Crippen LogP contribution in [0.3, 0.4) is 0 Å². The Morgan fingerprint density at radius 3 is 2.61 bits per heavy atom. The second-order valence-electron chi connectivity index (χ2n) is 8.15. The first kappa shape index (κ1) is 23.0. The van der Waals surface area contributed by atoms with Crippen LogP contribution in [-0.4, -0.2) is 51.4 Å². The highest BCUT2D eigenvalue weighted by Crippen LogP contribution is 2.31. The van der Waals surface area contributed by atoms with Crippen molar-refractivity contribution in [2.24, 2.45) is 0 Å². The molecule has 0 bridgehead atoms. The number of likely N-dealkylation sites (tertiary alicyclic amines) is 1. The third-order valence-corrected chi connectivity index (χ3v) is 6.03. The molecular formula is C25H27ClN4O3. The predicted molar refractivity (Wildman–Crippen MR) is 126 cm³/mol. The third kappa shape index (κ3) is 5.42. The largest absolute Gasteiger partial charge is 0.337 e. The minimum absolute atomic E-state index is 0.0241. The maximum absolute atomic E-state index is 13.3. The molecule has 1 aromatic heterocycles. The zero-order valence-corrected chi connectivity index (χ0v) is 19.4. The lowest BCUT2D eigenvalue weighted by Gasteiger charge is -2.35. The summed E-state index contributed by atoms with van der Waals surface area (Å²) in [5, 5.41) is 4.74. The number of benzene rings is 2. The Morgan fingerprint density at radius 1 is 1.12 bits per heavy atom. The van der Waals surface area contributed by atoms with Crippen molar-refractivity contribution < 1.29 is 14.1 Å². The molecule has 0 spiro atoms. The van der Waals surface area contributed by atoms with Gasteiger partial charge in [-0.1, -0.05) is 41.9 Å². The van der Waals surface area contributed by atoms with Gasteiger partial charge >= 0.3 is 0 Å². The van der Waals surface area contributed by atoms with Crippen LogP contribution in [0.15, 0.2) is 59.1 Å². The molecule has 0 N–H and O–H groups in total. The highest BCUT2D eigenvalue weighted by atomic mass is 35.5. The highest BCUT2D eigenvalue weighted by Gasteiger charge is 2.33. The molecule has 4 rings (SSSR count). The van der Waals surface area contributed by atoms with Gasteiger partial charge in [-0.3, -0.25) is 9.59 Å². The van der Waals surface area contributed by atoms with E-state index >= 15 is 0 Å². The van der Waals surface area contributed by atoms with Gasteiger partial charge in [0.1, 0.15) is 12.6 Å². The van der Waals surface area contributed by atoms with Crippen LogP contribution in [0.2, 0.25) is 5.02 Å². The van der Waals surface area contributed by atoms with E-state index < -0.39 is 0 Å². The molecule has 8 heteroatoms. The molecular weight excluding hydrogens is 440 g/mol. The predicted octanol–water partition coefficient (Wildman–Crippen LogP) is 5.00. The van der Waals surface area contributed by atoms with E-state index in [1.54, 1.807) is 34.1 Å². The summed E-state index contributed by atoms with van der Waals surface area (Å²) >= 11 is 5.97. The lowest BCUT2D eigenvalue weighted by molar-refractivity contribution is -0.136. The quantitative estimate of drug-likeness (QED) is 0.489. The molecule has 0 saturated carbocycles. The Labute approximate surface area is 198 Å². The summed E-state index contributed by atoms with van der Waals surface area (Å²) < 4.78 is 5.57. The monoisotopic (exact) mass is 466 g/mol. The fraction of sp³-hybridized carbons (Fsp3) is 0.360. The number of carbonyl (C=O) groups excluding carboxylic acids is 2. The van der Waals surface area contributed by atoms with Crippen LogP contribution < -0.4 is 0 Å². The van der Waals surface area contributed by atoms with E-state index in [-0.39, 0.29) is 24.4 Å². The molecule has 1 saturated heterocycles. The molecule has 1 unspecified atom stereocenters. The molecule has 2 heterocycles. The van der Waals surface area contributed by atoms with Gasteiger partial charge < -0.3 is 14.3 Å². The summed E-state index contributed by atoms with van der Waals surface area (Å²) in [6.45, 7) is 3.13. The van der Waals surface area contributed by atoms with Gasteiger partial charge in [0.2, 0.25) is 17.6 Å². The fourth-order valence-electron chi connectivity index (χ4n) is 4.11. The molecule has 2 amide bonds. The summed E-state index contributed by atoms with van der Waals surface area (Å²) in [4.78, 5) is 34.3. The standard InChI is InChI=1S/C25H27ClN4O3/c1-2-15-29(25(32)19-8-4-3-5-9-19)17-22(31)30-16-7-6-10-21(30)24-27-23(28-33-24)18-11-13-20(26)14-12-18/h3-5,8-9,11-14,21H,2,6-7,10,15-17H2,1H3. The number of nitrogens with zero attached hydrogens (tertiary/aromatic N) is 4. The molecule has 1 aliphatic rings. The Morgan fingerprint density at radius 2 is 1.88 bits per heavy atom. The molecule has 7 nitrogen and oxygen atoms in total. The average molecular weight is 467 g/mol.